The highest BCUT2D eigenvalue weighted by Gasteiger charge is 2.16. The maximum Gasteiger partial charge on any atom is 0.154 e. The van der Waals surface area contributed by atoms with Crippen LogP contribution in [0, 0.1) is 5.82 Å². The van der Waals surface area contributed by atoms with E-state index in [1.807, 2.05) is 36.5 Å². The second-order valence-electron chi connectivity index (χ2n) is 5.74. The molecule has 0 amide bonds. The van der Waals surface area contributed by atoms with E-state index in [0.29, 0.717) is 18.4 Å². The Bertz CT molecular complexity index is 939. The molecule has 4 rings (SSSR count). The van der Waals surface area contributed by atoms with Gasteiger partial charge in [-0.3, -0.25) is 9.79 Å². The van der Waals surface area contributed by atoms with Crippen molar-refractivity contribution in [1.82, 2.24) is 4.98 Å². The number of nitrogens with zero attached hydrogens (tertiary/aromatic N) is 1. The maximum absolute atomic E-state index is 14.7. The van der Waals surface area contributed by atoms with Gasteiger partial charge in [0.15, 0.2) is 5.78 Å². The van der Waals surface area contributed by atoms with E-state index in [0.717, 1.165) is 27.7 Å². The first-order valence-electron chi connectivity index (χ1n) is 7.64. The Morgan fingerprint density at radius 2 is 1.96 bits per heavy atom. The van der Waals surface area contributed by atoms with Crippen molar-refractivity contribution >= 4 is 22.4 Å². The minimum absolute atomic E-state index is 0.143. The van der Waals surface area contributed by atoms with Crippen LogP contribution in [0.3, 0.4) is 0 Å². The van der Waals surface area contributed by atoms with E-state index < -0.39 is 0 Å². The monoisotopic (exact) mass is 306 g/mol. The molecular formula is C19H15FN2O. The summed E-state index contributed by atoms with van der Waals surface area (Å²) >= 11 is 0. The molecule has 23 heavy (non-hydrogen) atoms. The van der Waals surface area contributed by atoms with Crippen molar-refractivity contribution in [3.63, 3.8) is 0 Å². The second-order valence-corrected chi connectivity index (χ2v) is 5.74. The predicted molar refractivity (Wildman–Crippen MR) is 89.3 cm³/mol. The maximum atomic E-state index is 14.7. The third-order valence-corrected chi connectivity index (χ3v) is 4.27. The molecule has 2 aromatic carbocycles. The zero-order chi connectivity index (χ0) is 15.8. The van der Waals surface area contributed by atoms with Crippen molar-refractivity contribution in [3.8, 4) is 11.1 Å². The average Bonchev–Trinajstić information content (AvgIpc) is 3.04. The Kier molecular flexibility index (Phi) is 3.30. The van der Waals surface area contributed by atoms with Crippen molar-refractivity contribution in [2.75, 3.05) is 6.54 Å². The third kappa shape index (κ3) is 2.46. The number of rotatable bonds is 2. The quantitative estimate of drug-likeness (QED) is 0.760. The fourth-order valence-corrected chi connectivity index (χ4v) is 3.07. The molecule has 0 fully saturated rings. The molecule has 1 aromatic heterocycles. The number of aromatic amines is 1. The molecule has 3 aromatic rings. The van der Waals surface area contributed by atoms with Gasteiger partial charge in [-0.15, -0.1) is 0 Å². The average molecular weight is 306 g/mol. The van der Waals surface area contributed by atoms with Crippen LogP contribution in [0.4, 0.5) is 4.39 Å². The molecule has 0 radical (unpaired) electrons. The van der Waals surface area contributed by atoms with Gasteiger partial charge in [0, 0.05) is 34.8 Å². The summed E-state index contributed by atoms with van der Waals surface area (Å²) in [5, 5.41) is 1.000. The third-order valence-electron chi connectivity index (χ3n) is 4.27. The minimum Gasteiger partial charge on any atom is -0.361 e. The summed E-state index contributed by atoms with van der Waals surface area (Å²) < 4.78 is 14.7. The number of aromatic nitrogens is 1. The number of benzene rings is 2. The molecule has 114 valence electrons. The van der Waals surface area contributed by atoms with Gasteiger partial charge in [0.05, 0.1) is 6.54 Å². The molecule has 0 atom stereocenters. The highest BCUT2D eigenvalue weighted by Crippen LogP contribution is 2.31. The summed E-state index contributed by atoms with van der Waals surface area (Å²) in [6, 6.07) is 13.0. The second kappa shape index (κ2) is 5.47. The summed E-state index contributed by atoms with van der Waals surface area (Å²) in [6.07, 6.45) is 2.93. The van der Waals surface area contributed by atoms with Crippen LogP contribution >= 0.6 is 0 Å². The standard InChI is InChI=1S/C19H15FN2O/c20-17-10-12(18-7-5-13(23)11-22-18)4-6-15(17)14-2-1-3-19-16(14)8-9-21-19/h1-4,6,8-10,21H,5,7,11H2. The number of Topliss-reactive ketones (excluding diaryl/α,β-unsaturated/α-hetero) is 1. The Labute approximate surface area is 132 Å². The SMILES string of the molecule is O=C1CCC(c2ccc(-c3cccc4[nH]ccc34)c(F)c2)=NC1. The lowest BCUT2D eigenvalue weighted by atomic mass is 9.96. The first kappa shape index (κ1) is 13.9. The number of hydrogen-bond acceptors (Lipinski definition) is 2. The molecule has 0 saturated heterocycles. The normalized spacial score (nSPS) is 15.0. The number of aliphatic imine (C=N–C) groups is 1. The molecule has 0 saturated carbocycles. The lowest BCUT2D eigenvalue weighted by molar-refractivity contribution is -0.117. The molecule has 2 heterocycles. The van der Waals surface area contributed by atoms with Gasteiger partial charge >= 0.3 is 0 Å². The number of fused-ring (bicyclic) bond motifs is 1. The van der Waals surface area contributed by atoms with E-state index in [9.17, 15) is 9.18 Å². The molecular weight excluding hydrogens is 291 g/mol. The summed E-state index contributed by atoms with van der Waals surface area (Å²) in [7, 11) is 0. The summed E-state index contributed by atoms with van der Waals surface area (Å²) in [5.41, 5.74) is 4.01. The first-order valence-corrected chi connectivity index (χ1v) is 7.64. The molecule has 1 N–H and O–H groups in total. The number of H-pyrrole nitrogens is 1. The van der Waals surface area contributed by atoms with Gasteiger partial charge in [0.1, 0.15) is 5.82 Å². The van der Waals surface area contributed by atoms with Crippen molar-refractivity contribution < 1.29 is 9.18 Å². The molecule has 0 aliphatic carbocycles. The largest absolute Gasteiger partial charge is 0.361 e. The zero-order valence-corrected chi connectivity index (χ0v) is 12.5. The zero-order valence-electron chi connectivity index (χ0n) is 12.5. The van der Waals surface area contributed by atoms with Crippen molar-refractivity contribution in [2.45, 2.75) is 12.8 Å². The van der Waals surface area contributed by atoms with Crippen molar-refractivity contribution in [2.24, 2.45) is 4.99 Å². The van der Waals surface area contributed by atoms with Gasteiger partial charge < -0.3 is 4.98 Å². The van der Waals surface area contributed by atoms with Gasteiger partial charge in [0.25, 0.3) is 0 Å². The van der Waals surface area contributed by atoms with E-state index in [1.54, 1.807) is 6.07 Å². The summed E-state index contributed by atoms with van der Waals surface area (Å²) in [4.78, 5) is 18.7. The number of ketones is 1. The number of carbonyl (C=O) groups is 1. The van der Waals surface area contributed by atoms with Gasteiger partial charge in [-0.2, -0.15) is 0 Å². The van der Waals surface area contributed by atoms with Crippen LogP contribution in [0.1, 0.15) is 18.4 Å². The van der Waals surface area contributed by atoms with E-state index in [4.69, 9.17) is 0 Å². The topological polar surface area (TPSA) is 45.2 Å². The molecule has 0 unspecified atom stereocenters. The van der Waals surface area contributed by atoms with Crippen LogP contribution < -0.4 is 0 Å². The van der Waals surface area contributed by atoms with Crippen molar-refractivity contribution in [1.29, 1.82) is 0 Å². The number of halogens is 1. The number of carbonyl (C=O) groups excluding carboxylic acids is 1. The molecule has 1 aliphatic rings. The first-order chi connectivity index (χ1) is 11.2. The van der Waals surface area contributed by atoms with Crippen LogP contribution in [0.25, 0.3) is 22.0 Å². The summed E-state index contributed by atoms with van der Waals surface area (Å²) in [5.74, 6) is -0.124. The minimum atomic E-state index is -0.268. The predicted octanol–water partition coefficient (Wildman–Crippen LogP) is 4.13. The van der Waals surface area contributed by atoms with Gasteiger partial charge in [-0.1, -0.05) is 24.3 Å². The smallest absolute Gasteiger partial charge is 0.154 e. The van der Waals surface area contributed by atoms with Crippen LogP contribution in [0.15, 0.2) is 53.7 Å². The molecule has 4 heteroatoms. The van der Waals surface area contributed by atoms with E-state index >= 15 is 0 Å². The lowest BCUT2D eigenvalue weighted by Crippen LogP contribution is -2.16. The Balaban J connectivity index is 1.77. The van der Waals surface area contributed by atoms with Crippen LogP contribution in [-0.4, -0.2) is 23.0 Å². The Morgan fingerprint density at radius 3 is 2.74 bits per heavy atom. The van der Waals surface area contributed by atoms with Gasteiger partial charge in [-0.05, 0) is 35.7 Å². The molecule has 3 nitrogen and oxygen atoms in total. The number of nitrogens with one attached hydrogen (secondary N) is 1. The summed E-state index contributed by atoms with van der Waals surface area (Å²) in [6.45, 7) is 0.210. The fourth-order valence-electron chi connectivity index (χ4n) is 3.07. The lowest BCUT2D eigenvalue weighted by Gasteiger charge is -2.13. The van der Waals surface area contributed by atoms with Gasteiger partial charge in [0.2, 0.25) is 0 Å². The fraction of sp³-hybridized carbons (Fsp3) is 0.158. The van der Waals surface area contributed by atoms with Crippen molar-refractivity contribution in [3.05, 3.63) is 60.0 Å². The van der Waals surface area contributed by atoms with Crippen LogP contribution in [0.2, 0.25) is 0 Å². The highest BCUT2D eigenvalue weighted by molar-refractivity contribution is 6.06. The van der Waals surface area contributed by atoms with Crippen LogP contribution in [0.5, 0.6) is 0 Å². The molecule has 1 aliphatic heterocycles. The Hall–Kier alpha value is -2.75. The van der Waals surface area contributed by atoms with E-state index in [2.05, 4.69) is 9.98 Å². The van der Waals surface area contributed by atoms with E-state index in [1.165, 1.54) is 6.07 Å². The van der Waals surface area contributed by atoms with Gasteiger partial charge in [-0.25, -0.2) is 4.39 Å². The van der Waals surface area contributed by atoms with Crippen LogP contribution in [-0.2, 0) is 4.79 Å². The molecule has 0 bridgehead atoms. The molecule has 0 spiro atoms. The number of hydrogen-bond donors (Lipinski definition) is 1. The van der Waals surface area contributed by atoms with E-state index in [-0.39, 0.29) is 18.1 Å². The highest BCUT2D eigenvalue weighted by atomic mass is 19.1. The Morgan fingerprint density at radius 1 is 1.04 bits per heavy atom.